The molecule has 0 spiro atoms. The van der Waals surface area contributed by atoms with E-state index in [4.69, 9.17) is 19.3 Å². The molecule has 0 saturated carbocycles. The van der Waals surface area contributed by atoms with Crippen LogP contribution in [0.2, 0.25) is 0 Å². The zero-order valence-corrected chi connectivity index (χ0v) is 12.6. The van der Waals surface area contributed by atoms with E-state index in [1.165, 1.54) is 0 Å². The molecule has 0 aliphatic carbocycles. The molecule has 2 N–H and O–H groups in total. The zero-order chi connectivity index (χ0) is 15.2. The van der Waals surface area contributed by atoms with Crippen molar-refractivity contribution in [2.75, 3.05) is 33.0 Å². The van der Waals surface area contributed by atoms with Crippen molar-refractivity contribution in [1.82, 2.24) is 5.32 Å². The Kier molecular flexibility index (Phi) is 5.40. The predicted molar refractivity (Wildman–Crippen MR) is 75.9 cm³/mol. The predicted octanol–water partition coefficient (Wildman–Crippen LogP) is 1.05. The molecule has 8 heteroatoms. The smallest absolute Gasteiger partial charge is 0.329 e. The number of halogens is 1. The lowest BCUT2D eigenvalue weighted by atomic mass is 10.2. The Balaban J connectivity index is 1.90. The van der Waals surface area contributed by atoms with Crippen LogP contribution in [0.4, 0.5) is 0 Å². The van der Waals surface area contributed by atoms with Gasteiger partial charge in [-0.2, -0.15) is 0 Å². The molecule has 7 nitrogen and oxygen atoms in total. The normalized spacial score (nSPS) is 12.8. The van der Waals surface area contributed by atoms with Crippen molar-refractivity contribution in [1.29, 1.82) is 0 Å². The number of carboxylic acid groups (broad SMARTS) is 1. The van der Waals surface area contributed by atoms with Crippen LogP contribution >= 0.6 is 15.9 Å². The molecule has 1 aliphatic rings. The SMILES string of the molecule is O=C(O)COCCNC(=O)c1cc(Br)c2c(c1)OCCO2. The first kappa shape index (κ1) is 15.6. The molecule has 0 bridgehead atoms. The molecule has 2 rings (SSSR count). The number of benzene rings is 1. The van der Waals surface area contributed by atoms with Gasteiger partial charge in [0.2, 0.25) is 0 Å². The Hall–Kier alpha value is -1.80. The highest BCUT2D eigenvalue weighted by Gasteiger charge is 2.18. The minimum absolute atomic E-state index is 0.129. The minimum atomic E-state index is -1.04. The van der Waals surface area contributed by atoms with Crippen molar-refractivity contribution in [3.63, 3.8) is 0 Å². The largest absolute Gasteiger partial charge is 0.486 e. The topological polar surface area (TPSA) is 94.1 Å². The van der Waals surface area contributed by atoms with Crippen LogP contribution < -0.4 is 14.8 Å². The lowest BCUT2D eigenvalue weighted by Gasteiger charge is -2.20. The summed E-state index contributed by atoms with van der Waals surface area (Å²) in [6, 6.07) is 3.24. The lowest BCUT2D eigenvalue weighted by Crippen LogP contribution is -2.28. The number of rotatable bonds is 6. The van der Waals surface area contributed by atoms with Gasteiger partial charge in [0.05, 0.1) is 11.1 Å². The summed E-state index contributed by atoms with van der Waals surface area (Å²) >= 11 is 3.34. The molecule has 1 amide bonds. The van der Waals surface area contributed by atoms with Crippen molar-refractivity contribution in [3.05, 3.63) is 22.2 Å². The van der Waals surface area contributed by atoms with Crippen molar-refractivity contribution < 1.29 is 28.9 Å². The molecule has 21 heavy (non-hydrogen) atoms. The molecule has 0 saturated heterocycles. The van der Waals surface area contributed by atoms with Gasteiger partial charge in [-0.25, -0.2) is 4.79 Å². The van der Waals surface area contributed by atoms with E-state index in [1.807, 2.05) is 0 Å². The number of hydrogen-bond donors (Lipinski definition) is 2. The Morgan fingerprint density at radius 1 is 1.33 bits per heavy atom. The van der Waals surface area contributed by atoms with Gasteiger partial charge in [-0.3, -0.25) is 4.79 Å². The van der Waals surface area contributed by atoms with Crippen molar-refractivity contribution >= 4 is 27.8 Å². The van der Waals surface area contributed by atoms with E-state index in [0.717, 1.165) is 0 Å². The Morgan fingerprint density at radius 2 is 2.10 bits per heavy atom. The van der Waals surface area contributed by atoms with Crippen molar-refractivity contribution in [2.24, 2.45) is 0 Å². The summed E-state index contributed by atoms with van der Waals surface area (Å²) < 4.78 is 16.4. The van der Waals surface area contributed by atoms with E-state index in [0.29, 0.717) is 34.7 Å². The maximum absolute atomic E-state index is 12.0. The van der Waals surface area contributed by atoms with Crippen LogP contribution in [-0.2, 0) is 9.53 Å². The molecule has 0 aromatic heterocycles. The average Bonchev–Trinajstić information content (AvgIpc) is 2.46. The summed E-state index contributed by atoms with van der Waals surface area (Å²) in [5, 5.41) is 11.0. The summed E-state index contributed by atoms with van der Waals surface area (Å²) in [6.07, 6.45) is 0. The van der Waals surface area contributed by atoms with Crippen LogP contribution in [0.25, 0.3) is 0 Å². The van der Waals surface area contributed by atoms with E-state index in [2.05, 4.69) is 21.2 Å². The Morgan fingerprint density at radius 3 is 2.86 bits per heavy atom. The van der Waals surface area contributed by atoms with Gasteiger partial charge in [0.1, 0.15) is 19.8 Å². The maximum atomic E-state index is 12.0. The summed E-state index contributed by atoms with van der Waals surface area (Å²) in [6.45, 7) is 0.874. The third kappa shape index (κ3) is 4.33. The number of carbonyl (C=O) groups excluding carboxylic acids is 1. The number of fused-ring (bicyclic) bond motifs is 1. The van der Waals surface area contributed by atoms with Gasteiger partial charge in [0, 0.05) is 12.1 Å². The number of aliphatic carboxylic acids is 1. The summed E-state index contributed by atoms with van der Waals surface area (Å²) in [4.78, 5) is 22.2. The van der Waals surface area contributed by atoms with Gasteiger partial charge in [-0.05, 0) is 28.1 Å². The average molecular weight is 360 g/mol. The summed E-state index contributed by atoms with van der Waals surface area (Å²) in [7, 11) is 0. The van der Waals surface area contributed by atoms with Crippen molar-refractivity contribution in [2.45, 2.75) is 0 Å². The van der Waals surface area contributed by atoms with Gasteiger partial charge in [-0.1, -0.05) is 0 Å². The van der Waals surface area contributed by atoms with Crippen LogP contribution in [0.15, 0.2) is 16.6 Å². The van der Waals surface area contributed by atoms with Gasteiger partial charge in [0.15, 0.2) is 11.5 Å². The number of ether oxygens (including phenoxy) is 3. The molecule has 1 aliphatic heterocycles. The number of carbonyl (C=O) groups is 2. The highest BCUT2D eigenvalue weighted by atomic mass is 79.9. The molecule has 0 fully saturated rings. The highest BCUT2D eigenvalue weighted by molar-refractivity contribution is 9.10. The van der Waals surface area contributed by atoms with Crippen LogP contribution in [0.1, 0.15) is 10.4 Å². The molecule has 1 aromatic rings. The van der Waals surface area contributed by atoms with E-state index in [1.54, 1.807) is 12.1 Å². The summed E-state index contributed by atoms with van der Waals surface area (Å²) in [5.74, 6) is -0.241. The highest BCUT2D eigenvalue weighted by Crippen LogP contribution is 2.38. The van der Waals surface area contributed by atoms with E-state index in [9.17, 15) is 9.59 Å². The quantitative estimate of drug-likeness (QED) is 0.737. The molecular formula is C13H14BrNO6. The van der Waals surface area contributed by atoms with Crippen LogP contribution in [-0.4, -0.2) is 50.0 Å². The van der Waals surface area contributed by atoms with Crippen molar-refractivity contribution in [3.8, 4) is 11.5 Å². The number of amides is 1. The number of nitrogens with one attached hydrogen (secondary N) is 1. The molecule has 0 atom stereocenters. The van der Waals surface area contributed by atoms with Crippen LogP contribution in [0, 0.1) is 0 Å². The molecular weight excluding hydrogens is 346 g/mol. The number of hydrogen-bond acceptors (Lipinski definition) is 5. The maximum Gasteiger partial charge on any atom is 0.329 e. The monoisotopic (exact) mass is 359 g/mol. The first-order valence-electron chi connectivity index (χ1n) is 6.25. The zero-order valence-electron chi connectivity index (χ0n) is 11.1. The second kappa shape index (κ2) is 7.28. The molecule has 114 valence electrons. The second-order valence-electron chi connectivity index (χ2n) is 4.18. The van der Waals surface area contributed by atoms with Gasteiger partial charge in [-0.15, -0.1) is 0 Å². The second-order valence-corrected chi connectivity index (χ2v) is 5.04. The van der Waals surface area contributed by atoms with E-state index >= 15 is 0 Å². The molecule has 0 unspecified atom stereocenters. The fraction of sp³-hybridized carbons (Fsp3) is 0.385. The fourth-order valence-corrected chi connectivity index (χ4v) is 2.30. The van der Waals surface area contributed by atoms with Crippen LogP contribution in [0.3, 0.4) is 0 Å². The minimum Gasteiger partial charge on any atom is -0.486 e. The first-order valence-corrected chi connectivity index (χ1v) is 7.04. The Labute approximate surface area is 129 Å². The molecule has 0 radical (unpaired) electrons. The standard InChI is InChI=1S/C13H14BrNO6/c14-9-5-8(6-10-12(9)21-4-3-20-10)13(18)15-1-2-19-7-11(16)17/h5-6H,1-4,7H2,(H,15,18)(H,16,17). The van der Waals surface area contributed by atoms with Gasteiger partial charge >= 0.3 is 5.97 Å². The third-order valence-electron chi connectivity index (χ3n) is 2.62. The third-order valence-corrected chi connectivity index (χ3v) is 3.21. The number of carboxylic acids is 1. The van der Waals surface area contributed by atoms with Crippen LogP contribution in [0.5, 0.6) is 11.5 Å². The Bertz CT molecular complexity index is 548. The molecule has 1 aromatic carbocycles. The fourth-order valence-electron chi connectivity index (χ4n) is 1.74. The van der Waals surface area contributed by atoms with Gasteiger partial charge < -0.3 is 24.6 Å². The van der Waals surface area contributed by atoms with Gasteiger partial charge in [0.25, 0.3) is 5.91 Å². The molecule has 1 heterocycles. The van der Waals surface area contributed by atoms with E-state index < -0.39 is 5.97 Å². The van der Waals surface area contributed by atoms with E-state index in [-0.39, 0.29) is 25.7 Å². The lowest BCUT2D eigenvalue weighted by molar-refractivity contribution is -0.142. The first-order chi connectivity index (χ1) is 10.1. The summed E-state index contributed by atoms with van der Waals surface area (Å²) in [5.41, 5.74) is 0.421.